The largest absolute Gasteiger partial charge is 0.366 e. The summed E-state index contributed by atoms with van der Waals surface area (Å²) in [5, 5.41) is 8.33. The Morgan fingerprint density at radius 3 is 2.81 bits per heavy atom. The molecule has 0 bridgehead atoms. The molecule has 3 N–H and O–H groups in total. The first-order valence-corrected chi connectivity index (χ1v) is 10.1. The van der Waals surface area contributed by atoms with E-state index in [-0.39, 0.29) is 5.56 Å². The van der Waals surface area contributed by atoms with E-state index in [1.165, 1.54) is 5.56 Å². The first kappa shape index (κ1) is 19.2. The number of anilines is 1. The van der Waals surface area contributed by atoms with Gasteiger partial charge in [0.05, 0.1) is 16.6 Å². The molecular weight excluding hydrogens is 392 g/mol. The zero-order valence-electron chi connectivity index (χ0n) is 17.1. The third-order valence-corrected chi connectivity index (χ3v) is 5.53. The number of benzene rings is 2. The average molecular weight is 414 g/mol. The third-order valence-electron chi connectivity index (χ3n) is 5.53. The van der Waals surface area contributed by atoms with Crippen LogP contribution < -0.4 is 11.1 Å². The second-order valence-corrected chi connectivity index (χ2v) is 7.73. The Hall–Kier alpha value is -3.78. The molecule has 4 aromatic rings. The van der Waals surface area contributed by atoms with Gasteiger partial charge in [-0.3, -0.25) is 4.79 Å². The number of nitrogens with zero attached hydrogens (tertiary/aromatic N) is 4. The van der Waals surface area contributed by atoms with Gasteiger partial charge in [0.15, 0.2) is 17.1 Å². The normalized spacial score (nSPS) is 13.8. The minimum atomic E-state index is -0.563. The summed E-state index contributed by atoms with van der Waals surface area (Å²) in [6.07, 6.45) is 0.870. The Bertz CT molecular complexity index is 1270. The first-order chi connectivity index (χ1) is 15.1. The summed E-state index contributed by atoms with van der Waals surface area (Å²) in [7, 11) is 2.08. The number of hydrogen-bond acceptors (Lipinski definition) is 7. The van der Waals surface area contributed by atoms with Crippen LogP contribution >= 0.6 is 0 Å². The van der Waals surface area contributed by atoms with Crippen molar-refractivity contribution in [3.8, 4) is 11.5 Å². The topological polar surface area (TPSA) is 110 Å². The van der Waals surface area contributed by atoms with E-state index >= 15 is 0 Å². The molecule has 0 radical (unpaired) electrons. The second kappa shape index (κ2) is 7.81. The molecule has 2 aromatic heterocycles. The second-order valence-electron chi connectivity index (χ2n) is 7.73. The zero-order valence-corrected chi connectivity index (χ0v) is 17.1. The summed E-state index contributed by atoms with van der Waals surface area (Å²) in [5.74, 6) is 0.704. The summed E-state index contributed by atoms with van der Waals surface area (Å²) in [6, 6.07) is 15.4. The van der Waals surface area contributed by atoms with Gasteiger partial charge in [0, 0.05) is 25.2 Å². The summed E-state index contributed by atoms with van der Waals surface area (Å²) in [4.78, 5) is 23.6. The minimum Gasteiger partial charge on any atom is -0.366 e. The number of carbonyl (C=O) groups excluding carboxylic acids is 1. The molecule has 8 nitrogen and oxygen atoms in total. The van der Waals surface area contributed by atoms with Crippen molar-refractivity contribution in [2.45, 2.75) is 19.5 Å². The lowest BCUT2D eigenvalue weighted by Gasteiger charge is -2.26. The van der Waals surface area contributed by atoms with Crippen LogP contribution in [0.3, 0.4) is 0 Å². The summed E-state index contributed by atoms with van der Waals surface area (Å²) in [6.45, 7) is 2.34. The highest BCUT2D eigenvalue weighted by Crippen LogP contribution is 2.31. The minimum absolute atomic E-state index is 0.288. The molecule has 1 amide bonds. The molecule has 0 saturated heterocycles. The van der Waals surface area contributed by atoms with Crippen LogP contribution in [0.15, 0.2) is 53.1 Å². The fourth-order valence-electron chi connectivity index (χ4n) is 3.91. The van der Waals surface area contributed by atoms with Gasteiger partial charge in [-0.05, 0) is 31.2 Å². The summed E-state index contributed by atoms with van der Waals surface area (Å²) < 4.78 is 5.47. The van der Waals surface area contributed by atoms with E-state index in [2.05, 4.69) is 34.6 Å². The SMILES string of the molecule is CN1CCc2c(nc(-c3noc4c(C(N)=O)cccc34)nc2NCc2ccccc2)C1. The molecular formula is C23H22N6O2. The van der Waals surface area contributed by atoms with Crippen LogP contribution in [0, 0.1) is 0 Å². The quantitative estimate of drug-likeness (QED) is 0.516. The van der Waals surface area contributed by atoms with Crippen LogP contribution in [0.1, 0.15) is 27.2 Å². The Kier molecular flexibility index (Phi) is 4.83. The predicted molar refractivity (Wildman–Crippen MR) is 117 cm³/mol. The van der Waals surface area contributed by atoms with Crippen LogP contribution in [-0.4, -0.2) is 39.5 Å². The molecule has 1 aliphatic heterocycles. The van der Waals surface area contributed by atoms with Gasteiger partial charge in [-0.25, -0.2) is 9.97 Å². The molecule has 0 saturated carbocycles. The molecule has 31 heavy (non-hydrogen) atoms. The number of para-hydroxylation sites is 1. The predicted octanol–water partition coefficient (Wildman–Crippen LogP) is 2.98. The van der Waals surface area contributed by atoms with Crippen molar-refractivity contribution in [1.29, 1.82) is 0 Å². The maximum atomic E-state index is 11.8. The van der Waals surface area contributed by atoms with Crippen molar-refractivity contribution in [2.75, 3.05) is 18.9 Å². The van der Waals surface area contributed by atoms with Crippen LogP contribution in [0.25, 0.3) is 22.5 Å². The molecule has 5 rings (SSSR count). The Labute approximate surface area is 179 Å². The van der Waals surface area contributed by atoms with Crippen LogP contribution in [0.2, 0.25) is 0 Å². The van der Waals surface area contributed by atoms with E-state index in [1.54, 1.807) is 12.1 Å². The smallest absolute Gasteiger partial charge is 0.252 e. The molecule has 0 aliphatic carbocycles. The van der Waals surface area contributed by atoms with Gasteiger partial charge in [-0.1, -0.05) is 41.6 Å². The van der Waals surface area contributed by atoms with E-state index in [9.17, 15) is 4.79 Å². The van der Waals surface area contributed by atoms with Gasteiger partial charge in [0.1, 0.15) is 5.82 Å². The third kappa shape index (κ3) is 3.62. The van der Waals surface area contributed by atoms with Crippen LogP contribution in [0.4, 0.5) is 5.82 Å². The first-order valence-electron chi connectivity index (χ1n) is 10.1. The Balaban J connectivity index is 1.59. The number of nitrogens with two attached hydrogens (primary N) is 1. The highest BCUT2D eigenvalue weighted by Gasteiger charge is 2.24. The number of rotatable bonds is 5. The monoisotopic (exact) mass is 414 g/mol. The van der Waals surface area contributed by atoms with Crippen molar-refractivity contribution in [2.24, 2.45) is 5.73 Å². The van der Waals surface area contributed by atoms with E-state index in [0.29, 0.717) is 29.0 Å². The highest BCUT2D eigenvalue weighted by molar-refractivity contribution is 6.06. The number of likely N-dealkylation sites (N-methyl/N-ethyl adjacent to an activating group) is 1. The van der Waals surface area contributed by atoms with Crippen LogP contribution in [0.5, 0.6) is 0 Å². The van der Waals surface area contributed by atoms with Gasteiger partial charge >= 0.3 is 0 Å². The van der Waals surface area contributed by atoms with Crippen molar-refractivity contribution < 1.29 is 9.32 Å². The lowest BCUT2D eigenvalue weighted by Crippen LogP contribution is -2.29. The number of hydrogen-bond donors (Lipinski definition) is 2. The number of aromatic nitrogens is 3. The molecule has 0 fully saturated rings. The molecule has 0 unspecified atom stereocenters. The van der Waals surface area contributed by atoms with E-state index < -0.39 is 5.91 Å². The van der Waals surface area contributed by atoms with Gasteiger partial charge in [0.2, 0.25) is 0 Å². The fourth-order valence-corrected chi connectivity index (χ4v) is 3.91. The Morgan fingerprint density at radius 1 is 1.16 bits per heavy atom. The molecule has 0 atom stereocenters. The highest BCUT2D eigenvalue weighted by atomic mass is 16.5. The molecule has 2 aromatic carbocycles. The fraction of sp³-hybridized carbons (Fsp3) is 0.217. The van der Waals surface area contributed by atoms with E-state index in [0.717, 1.165) is 36.6 Å². The maximum Gasteiger partial charge on any atom is 0.252 e. The molecule has 156 valence electrons. The lowest BCUT2D eigenvalue weighted by atomic mass is 10.0. The molecule has 0 spiro atoms. The number of nitrogens with one attached hydrogen (secondary N) is 1. The zero-order chi connectivity index (χ0) is 21.4. The molecule has 1 aliphatic rings. The van der Waals surface area contributed by atoms with Crippen molar-refractivity contribution in [3.05, 3.63) is 70.9 Å². The summed E-state index contributed by atoms with van der Waals surface area (Å²) in [5.41, 5.74) is 9.88. The number of primary amides is 1. The van der Waals surface area contributed by atoms with Gasteiger partial charge in [0.25, 0.3) is 5.91 Å². The molecule has 8 heteroatoms. The number of amides is 1. The summed E-state index contributed by atoms with van der Waals surface area (Å²) >= 11 is 0. The Morgan fingerprint density at radius 2 is 2.00 bits per heavy atom. The van der Waals surface area contributed by atoms with Gasteiger partial charge in [-0.15, -0.1) is 0 Å². The number of carbonyl (C=O) groups is 1. The standard InChI is InChI=1S/C23H22N6O2/c1-29-11-10-15-18(13-29)26-23(27-22(15)25-12-14-6-3-2-4-7-14)19-16-8-5-9-17(21(24)30)20(16)31-28-19/h2-9H,10-13H2,1H3,(H2,24,30)(H,25,26,27). The lowest BCUT2D eigenvalue weighted by molar-refractivity contribution is 0.100. The van der Waals surface area contributed by atoms with Crippen molar-refractivity contribution in [3.63, 3.8) is 0 Å². The van der Waals surface area contributed by atoms with Gasteiger partial charge in [-0.2, -0.15) is 0 Å². The average Bonchev–Trinajstić information content (AvgIpc) is 3.22. The van der Waals surface area contributed by atoms with Crippen molar-refractivity contribution >= 4 is 22.7 Å². The van der Waals surface area contributed by atoms with E-state index in [1.807, 2.05) is 24.3 Å². The number of fused-ring (bicyclic) bond motifs is 2. The maximum absolute atomic E-state index is 11.8. The van der Waals surface area contributed by atoms with Crippen LogP contribution in [-0.2, 0) is 19.5 Å². The molecule has 3 heterocycles. The van der Waals surface area contributed by atoms with Crippen molar-refractivity contribution in [1.82, 2.24) is 20.0 Å². The van der Waals surface area contributed by atoms with E-state index in [4.69, 9.17) is 20.2 Å². The van der Waals surface area contributed by atoms with Gasteiger partial charge < -0.3 is 20.5 Å².